The van der Waals surface area contributed by atoms with Crippen molar-refractivity contribution in [2.45, 2.75) is 19.4 Å². The lowest BCUT2D eigenvalue weighted by atomic mass is 10.1. The Hall–Kier alpha value is -3.86. The SMILES string of the molecule is CO[N+](=O)c1cccc(C(=O)Nc2ccc(N3CCN(C(=O)Nc4c(Cl)cc(CN5CCCC5)cc4Cl)CC3)cc2)c1. The molecule has 0 spiro atoms. The van der Waals surface area contributed by atoms with Crippen LogP contribution in [0.5, 0.6) is 0 Å². The molecule has 2 aliphatic rings. The first kappa shape index (κ1) is 29.6. The van der Waals surface area contributed by atoms with Gasteiger partial charge in [-0.2, -0.15) is 0 Å². The lowest BCUT2D eigenvalue weighted by molar-refractivity contribution is -0.736. The molecule has 0 aromatic heterocycles. The number of halogens is 2. The molecule has 42 heavy (non-hydrogen) atoms. The van der Waals surface area contributed by atoms with Crippen LogP contribution < -0.4 is 15.5 Å². The van der Waals surface area contributed by atoms with E-state index in [1.54, 1.807) is 23.1 Å². The fraction of sp³-hybridized carbons (Fsp3) is 0.333. The summed E-state index contributed by atoms with van der Waals surface area (Å²) >= 11 is 13.0. The van der Waals surface area contributed by atoms with E-state index in [0.29, 0.717) is 58.1 Å². The zero-order chi connectivity index (χ0) is 29.6. The average molecular weight is 613 g/mol. The van der Waals surface area contributed by atoms with Gasteiger partial charge in [-0.3, -0.25) is 9.69 Å². The van der Waals surface area contributed by atoms with Crippen molar-refractivity contribution in [3.8, 4) is 0 Å². The van der Waals surface area contributed by atoms with Gasteiger partial charge in [0, 0.05) is 61.8 Å². The van der Waals surface area contributed by atoms with Crippen LogP contribution >= 0.6 is 23.2 Å². The van der Waals surface area contributed by atoms with Crippen LogP contribution in [0.1, 0.15) is 28.8 Å². The maximum atomic E-state index is 13.0. The molecule has 0 unspecified atom stereocenters. The molecule has 0 aliphatic carbocycles. The van der Waals surface area contributed by atoms with E-state index in [-0.39, 0.29) is 17.6 Å². The number of nitrogens with one attached hydrogen (secondary N) is 2. The number of likely N-dealkylation sites (tertiary alicyclic amines) is 1. The molecule has 2 heterocycles. The molecular weight excluding hydrogens is 579 g/mol. The Kier molecular flexibility index (Phi) is 9.46. The third kappa shape index (κ3) is 7.13. The van der Waals surface area contributed by atoms with Gasteiger partial charge in [-0.15, -0.1) is 0 Å². The summed E-state index contributed by atoms with van der Waals surface area (Å²) in [6, 6.07) is 17.3. The average Bonchev–Trinajstić information content (AvgIpc) is 3.52. The molecule has 2 fully saturated rings. The van der Waals surface area contributed by atoms with Gasteiger partial charge in [-0.1, -0.05) is 29.3 Å². The monoisotopic (exact) mass is 611 g/mol. The second kappa shape index (κ2) is 13.4. The van der Waals surface area contributed by atoms with Gasteiger partial charge < -0.3 is 20.4 Å². The highest BCUT2D eigenvalue weighted by Gasteiger charge is 2.24. The molecule has 0 atom stereocenters. The predicted octanol–water partition coefficient (Wildman–Crippen LogP) is 6.17. The van der Waals surface area contributed by atoms with Gasteiger partial charge in [0.2, 0.25) is 0 Å². The number of carbonyl (C=O) groups excluding carboxylic acids is 2. The first-order chi connectivity index (χ1) is 20.3. The van der Waals surface area contributed by atoms with Gasteiger partial charge in [0.25, 0.3) is 10.8 Å². The molecule has 0 radical (unpaired) electrons. The van der Waals surface area contributed by atoms with Crippen LogP contribution in [0.3, 0.4) is 0 Å². The summed E-state index contributed by atoms with van der Waals surface area (Å²) in [4.78, 5) is 48.7. The molecular formula is C30H33Cl2N6O4+. The number of urea groups is 1. The molecule has 12 heteroatoms. The van der Waals surface area contributed by atoms with Crippen LogP contribution in [0.15, 0.2) is 60.7 Å². The quantitative estimate of drug-likeness (QED) is 0.296. The number of hydrogen-bond donors (Lipinski definition) is 2. The molecule has 3 aromatic carbocycles. The molecule has 2 aliphatic heterocycles. The Balaban J connectivity index is 1.13. The summed E-state index contributed by atoms with van der Waals surface area (Å²) in [5.41, 5.74) is 3.64. The summed E-state index contributed by atoms with van der Waals surface area (Å²) in [6.07, 6.45) is 2.42. The standard InChI is InChI=1S/C30H32Cl2N6O4/c1-42-38(41)25-6-4-5-22(19-25)29(39)33-23-7-9-24(10-8-23)36-13-15-37(16-14-36)30(40)34-28-26(31)17-21(18-27(28)32)20-35-11-2-3-12-35/h4-10,17-19H,2-3,11-16,20H2,1H3,(H-,33,34,39,40)/p+1. The molecule has 220 valence electrons. The molecule has 2 saturated heterocycles. The van der Waals surface area contributed by atoms with E-state index in [1.165, 1.54) is 26.0 Å². The third-order valence-electron chi connectivity index (χ3n) is 7.48. The van der Waals surface area contributed by atoms with Crippen LogP contribution in [-0.2, 0) is 11.4 Å². The van der Waals surface area contributed by atoms with Crippen molar-refractivity contribution in [2.75, 3.05) is 61.9 Å². The molecule has 3 amide bonds. The number of benzene rings is 3. The molecule has 5 rings (SSSR count). The van der Waals surface area contributed by atoms with E-state index in [0.717, 1.165) is 30.9 Å². The maximum absolute atomic E-state index is 13.0. The lowest BCUT2D eigenvalue weighted by Gasteiger charge is -2.36. The smallest absolute Gasteiger partial charge is 0.322 e. The van der Waals surface area contributed by atoms with Crippen LogP contribution in [0, 0.1) is 4.91 Å². The lowest BCUT2D eigenvalue weighted by Crippen LogP contribution is -2.50. The summed E-state index contributed by atoms with van der Waals surface area (Å²) in [7, 11) is 1.26. The van der Waals surface area contributed by atoms with Gasteiger partial charge in [0.05, 0.1) is 20.6 Å². The van der Waals surface area contributed by atoms with E-state index >= 15 is 0 Å². The van der Waals surface area contributed by atoms with Crippen molar-refractivity contribution < 1.29 is 19.3 Å². The number of rotatable bonds is 8. The van der Waals surface area contributed by atoms with Crippen molar-refractivity contribution in [2.24, 2.45) is 0 Å². The Bertz CT molecular complexity index is 1430. The normalized spacial score (nSPS) is 15.4. The van der Waals surface area contributed by atoms with Crippen molar-refractivity contribution >= 4 is 57.9 Å². The number of amides is 3. The third-order valence-corrected chi connectivity index (χ3v) is 8.08. The number of anilines is 3. The Morgan fingerprint density at radius 3 is 2.19 bits per heavy atom. The van der Waals surface area contributed by atoms with Gasteiger partial charge in [-0.25, -0.2) is 9.63 Å². The van der Waals surface area contributed by atoms with Crippen LogP contribution in [0.2, 0.25) is 10.0 Å². The molecule has 10 nitrogen and oxygen atoms in total. The van der Waals surface area contributed by atoms with E-state index in [9.17, 15) is 14.5 Å². The van der Waals surface area contributed by atoms with Gasteiger partial charge >= 0.3 is 11.7 Å². The second-order valence-electron chi connectivity index (χ2n) is 10.3. The zero-order valence-corrected chi connectivity index (χ0v) is 24.8. The van der Waals surface area contributed by atoms with Gasteiger partial charge in [0.15, 0.2) is 7.11 Å². The van der Waals surface area contributed by atoms with Crippen molar-refractivity contribution in [3.63, 3.8) is 0 Å². The van der Waals surface area contributed by atoms with Crippen LogP contribution in [0.4, 0.5) is 27.5 Å². The fourth-order valence-electron chi connectivity index (χ4n) is 5.21. The Labute approximate surface area is 254 Å². The number of piperazine rings is 1. The summed E-state index contributed by atoms with van der Waals surface area (Å²) in [5, 5.41) is 6.62. The molecule has 3 aromatic rings. The Morgan fingerprint density at radius 2 is 1.55 bits per heavy atom. The highest BCUT2D eigenvalue weighted by Crippen LogP contribution is 2.33. The van der Waals surface area contributed by atoms with E-state index in [4.69, 9.17) is 23.2 Å². The second-order valence-corrected chi connectivity index (χ2v) is 11.1. The van der Waals surface area contributed by atoms with Crippen LogP contribution in [0.25, 0.3) is 0 Å². The topological polar surface area (TPSA) is 97.2 Å². The number of carbonyl (C=O) groups is 2. The minimum Gasteiger partial charge on any atom is -0.368 e. The summed E-state index contributed by atoms with van der Waals surface area (Å²) in [6.45, 7) is 5.30. The van der Waals surface area contributed by atoms with E-state index in [2.05, 4.69) is 25.3 Å². The first-order valence-corrected chi connectivity index (χ1v) is 14.6. The van der Waals surface area contributed by atoms with E-state index in [1.807, 2.05) is 36.4 Å². The minimum atomic E-state index is -0.338. The van der Waals surface area contributed by atoms with Crippen molar-refractivity contribution in [1.82, 2.24) is 9.80 Å². The fourth-order valence-corrected chi connectivity index (χ4v) is 5.84. The van der Waals surface area contributed by atoms with Crippen molar-refractivity contribution in [3.05, 3.63) is 86.7 Å². The molecule has 2 N–H and O–H groups in total. The van der Waals surface area contributed by atoms with E-state index < -0.39 is 0 Å². The number of nitrogens with zero attached hydrogens (tertiary/aromatic N) is 4. The highest BCUT2D eigenvalue weighted by molar-refractivity contribution is 6.39. The predicted molar refractivity (Wildman–Crippen MR) is 165 cm³/mol. The molecule has 0 bridgehead atoms. The zero-order valence-electron chi connectivity index (χ0n) is 23.3. The minimum absolute atomic E-state index is 0.227. The van der Waals surface area contributed by atoms with Crippen LogP contribution in [-0.4, -0.2) is 73.0 Å². The van der Waals surface area contributed by atoms with Crippen molar-refractivity contribution in [1.29, 1.82) is 0 Å². The highest BCUT2D eigenvalue weighted by atomic mass is 35.5. The summed E-state index contributed by atoms with van der Waals surface area (Å²) < 4.78 is 0. The molecule has 0 saturated carbocycles. The summed E-state index contributed by atoms with van der Waals surface area (Å²) in [5.74, 6) is -0.338. The Morgan fingerprint density at radius 1 is 0.881 bits per heavy atom. The van der Waals surface area contributed by atoms with Gasteiger partial charge in [0.1, 0.15) is 0 Å². The first-order valence-electron chi connectivity index (χ1n) is 13.8. The van der Waals surface area contributed by atoms with Gasteiger partial charge in [-0.05, 0) is 74.0 Å². The number of hydrogen-bond acceptors (Lipinski definition) is 6. The maximum Gasteiger partial charge on any atom is 0.322 e. The largest absolute Gasteiger partial charge is 0.368 e.